The molecule has 1 saturated heterocycles. The molecule has 5 heteroatoms. The second-order valence-electron chi connectivity index (χ2n) is 6.22. The molecule has 1 aliphatic heterocycles. The Morgan fingerprint density at radius 2 is 2.04 bits per heavy atom. The van der Waals surface area contributed by atoms with E-state index in [1.54, 1.807) is 12.4 Å². The number of amides is 1. The smallest absolute Gasteiger partial charge is 0.254 e. The van der Waals surface area contributed by atoms with Crippen LogP contribution in [0.3, 0.4) is 0 Å². The Morgan fingerprint density at radius 1 is 1.17 bits per heavy atom. The van der Waals surface area contributed by atoms with E-state index in [0.717, 1.165) is 19.3 Å². The van der Waals surface area contributed by atoms with Crippen molar-refractivity contribution in [1.29, 1.82) is 0 Å². The molecule has 124 valence electrons. The van der Waals surface area contributed by atoms with Crippen molar-refractivity contribution in [2.24, 2.45) is 0 Å². The highest BCUT2D eigenvalue weighted by atomic mass is 16.5. The van der Waals surface area contributed by atoms with E-state index in [4.69, 9.17) is 9.47 Å². The van der Waals surface area contributed by atoms with Crippen LogP contribution in [0.1, 0.15) is 29.6 Å². The van der Waals surface area contributed by atoms with Gasteiger partial charge in [-0.2, -0.15) is 0 Å². The third kappa shape index (κ3) is 2.99. The zero-order chi connectivity index (χ0) is 16.4. The minimum atomic E-state index is 0.0862. The van der Waals surface area contributed by atoms with Gasteiger partial charge < -0.3 is 14.4 Å². The number of pyridine rings is 1. The van der Waals surface area contributed by atoms with Crippen LogP contribution >= 0.6 is 0 Å². The quantitative estimate of drug-likeness (QED) is 0.869. The van der Waals surface area contributed by atoms with Gasteiger partial charge in [0.15, 0.2) is 0 Å². The first kappa shape index (κ1) is 15.1. The van der Waals surface area contributed by atoms with Gasteiger partial charge >= 0.3 is 0 Å². The number of aromatic nitrogens is 1. The summed E-state index contributed by atoms with van der Waals surface area (Å²) in [5, 5.41) is 0. The van der Waals surface area contributed by atoms with Gasteiger partial charge in [0, 0.05) is 18.3 Å². The molecule has 2 aliphatic rings. The van der Waals surface area contributed by atoms with Crippen molar-refractivity contribution >= 4 is 5.91 Å². The van der Waals surface area contributed by atoms with Crippen molar-refractivity contribution in [2.75, 3.05) is 13.2 Å². The van der Waals surface area contributed by atoms with Gasteiger partial charge in [0.2, 0.25) is 0 Å². The Labute approximate surface area is 141 Å². The fraction of sp³-hybridized carbons (Fsp3) is 0.368. The molecule has 4 rings (SSSR count). The van der Waals surface area contributed by atoms with Crippen LogP contribution in [0.2, 0.25) is 0 Å². The lowest BCUT2D eigenvalue weighted by Gasteiger charge is -2.37. The van der Waals surface area contributed by atoms with Crippen molar-refractivity contribution in [3.05, 3.63) is 54.4 Å². The standard InChI is InChI=1S/C19H20N2O3/c22-19(21-11-12-23-18-5-1-4-17(18)21)14-6-8-15(9-7-14)24-16-3-2-10-20-13-16/h2-3,6-10,13,17-18H,1,4-5,11-12H2. The van der Waals surface area contributed by atoms with E-state index in [9.17, 15) is 4.79 Å². The van der Waals surface area contributed by atoms with Gasteiger partial charge in [-0.1, -0.05) is 0 Å². The number of carbonyl (C=O) groups excluding carboxylic acids is 1. The zero-order valence-electron chi connectivity index (χ0n) is 13.4. The lowest BCUT2D eigenvalue weighted by Crippen LogP contribution is -2.51. The van der Waals surface area contributed by atoms with Gasteiger partial charge in [-0.05, 0) is 55.7 Å². The van der Waals surface area contributed by atoms with Crippen molar-refractivity contribution in [3.63, 3.8) is 0 Å². The SMILES string of the molecule is O=C(c1ccc(Oc2cccnc2)cc1)N1CCOC2CCCC21. The largest absolute Gasteiger partial charge is 0.456 e. The molecule has 1 aromatic heterocycles. The summed E-state index contributed by atoms with van der Waals surface area (Å²) in [7, 11) is 0. The van der Waals surface area contributed by atoms with Crippen LogP contribution in [0.4, 0.5) is 0 Å². The molecule has 1 aromatic carbocycles. The Hall–Kier alpha value is -2.40. The summed E-state index contributed by atoms with van der Waals surface area (Å²) >= 11 is 0. The van der Waals surface area contributed by atoms with Gasteiger partial charge in [0.05, 0.1) is 24.9 Å². The Kier molecular flexibility index (Phi) is 4.17. The molecule has 1 amide bonds. The van der Waals surface area contributed by atoms with Gasteiger partial charge in [0.1, 0.15) is 11.5 Å². The van der Waals surface area contributed by atoms with Crippen LogP contribution in [0.5, 0.6) is 11.5 Å². The Bertz CT molecular complexity index is 702. The van der Waals surface area contributed by atoms with Crippen LogP contribution in [-0.2, 0) is 4.74 Å². The van der Waals surface area contributed by atoms with Crippen LogP contribution in [0, 0.1) is 0 Å². The van der Waals surface area contributed by atoms with E-state index >= 15 is 0 Å². The van der Waals surface area contributed by atoms with E-state index in [1.807, 2.05) is 41.3 Å². The Morgan fingerprint density at radius 3 is 2.83 bits per heavy atom. The molecule has 1 aliphatic carbocycles. The van der Waals surface area contributed by atoms with E-state index in [0.29, 0.717) is 30.2 Å². The predicted octanol–water partition coefficient (Wildman–Crippen LogP) is 3.27. The number of nitrogens with zero attached hydrogens (tertiary/aromatic N) is 2. The maximum Gasteiger partial charge on any atom is 0.254 e. The molecule has 2 unspecified atom stereocenters. The third-order valence-electron chi connectivity index (χ3n) is 4.71. The highest BCUT2D eigenvalue weighted by molar-refractivity contribution is 5.94. The van der Waals surface area contributed by atoms with Crippen LogP contribution in [0.25, 0.3) is 0 Å². The molecule has 0 bridgehead atoms. The van der Waals surface area contributed by atoms with Crippen molar-refractivity contribution < 1.29 is 14.3 Å². The van der Waals surface area contributed by atoms with Crippen molar-refractivity contribution in [2.45, 2.75) is 31.4 Å². The van der Waals surface area contributed by atoms with Crippen molar-refractivity contribution in [3.8, 4) is 11.5 Å². The van der Waals surface area contributed by atoms with Crippen LogP contribution < -0.4 is 4.74 Å². The van der Waals surface area contributed by atoms with Gasteiger partial charge in [-0.15, -0.1) is 0 Å². The molecule has 2 atom stereocenters. The second kappa shape index (κ2) is 6.61. The van der Waals surface area contributed by atoms with E-state index < -0.39 is 0 Å². The number of rotatable bonds is 3. The van der Waals surface area contributed by atoms with Gasteiger partial charge in [0.25, 0.3) is 5.91 Å². The normalized spacial score (nSPS) is 22.9. The average molecular weight is 324 g/mol. The number of ether oxygens (including phenoxy) is 2. The van der Waals surface area contributed by atoms with E-state index in [2.05, 4.69) is 4.98 Å². The molecule has 5 nitrogen and oxygen atoms in total. The van der Waals surface area contributed by atoms with Gasteiger partial charge in [-0.3, -0.25) is 9.78 Å². The summed E-state index contributed by atoms with van der Waals surface area (Å²) < 4.78 is 11.5. The molecule has 24 heavy (non-hydrogen) atoms. The van der Waals surface area contributed by atoms with Crippen molar-refractivity contribution in [1.82, 2.24) is 9.88 Å². The average Bonchev–Trinajstić information content (AvgIpc) is 3.11. The molecule has 2 heterocycles. The lowest BCUT2D eigenvalue weighted by molar-refractivity contribution is -0.0445. The number of fused-ring (bicyclic) bond motifs is 1. The number of carbonyl (C=O) groups is 1. The first-order valence-electron chi connectivity index (χ1n) is 8.42. The Balaban J connectivity index is 1.47. The number of benzene rings is 1. The number of morpholine rings is 1. The summed E-state index contributed by atoms with van der Waals surface area (Å²) in [5.41, 5.74) is 0.695. The highest BCUT2D eigenvalue weighted by Crippen LogP contribution is 2.31. The number of hydrogen-bond donors (Lipinski definition) is 0. The summed E-state index contributed by atoms with van der Waals surface area (Å²) in [6.07, 6.45) is 6.82. The van der Waals surface area contributed by atoms with Crippen LogP contribution in [0.15, 0.2) is 48.8 Å². The lowest BCUT2D eigenvalue weighted by atomic mass is 10.1. The molecular weight excluding hydrogens is 304 g/mol. The zero-order valence-corrected chi connectivity index (χ0v) is 13.4. The summed E-state index contributed by atoms with van der Waals surface area (Å²) in [4.78, 5) is 18.8. The minimum absolute atomic E-state index is 0.0862. The van der Waals surface area contributed by atoms with E-state index in [1.165, 1.54) is 0 Å². The fourth-order valence-electron chi connectivity index (χ4n) is 3.55. The number of hydrogen-bond acceptors (Lipinski definition) is 4. The molecule has 0 N–H and O–H groups in total. The van der Waals surface area contributed by atoms with Gasteiger partial charge in [-0.25, -0.2) is 0 Å². The second-order valence-corrected chi connectivity index (χ2v) is 6.22. The first-order valence-corrected chi connectivity index (χ1v) is 8.42. The molecule has 2 aromatic rings. The summed E-state index contributed by atoms with van der Waals surface area (Å²) in [6, 6.07) is 11.2. The fourth-order valence-corrected chi connectivity index (χ4v) is 3.55. The minimum Gasteiger partial charge on any atom is -0.456 e. The summed E-state index contributed by atoms with van der Waals surface area (Å²) in [5.74, 6) is 1.46. The summed E-state index contributed by atoms with van der Waals surface area (Å²) in [6.45, 7) is 1.31. The highest BCUT2D eigenvalue weighted by Gasteiger charge is 2.38. The molecular formula is C19H20N2O3. The third-order valence-corrected chi connectivity index (χ3v) is 4.71. The maximum absolute atomic E-state index is 12.8. The monoisotopic (exact) mass is 324 g/mol. The van der Waals surface area contributed by atoms with E-state index in [-0.39, 0.29) is 18.1 Å². The predicted molar refractivity (Wildman–Crippen MR) is 89.2 cm³/mol. The maximum atomic E-state index is 12.8. The molecule has 1 saturated carbocycles. The molecule has 0 radical (unpaired) electrons. The molecule has 2 fully saturated rings. The first-order chi connectivity index (χ1) is 11.8. The topological polar surface area (TPSA) is 51.7 Å². The molecule has 0 spiro atoms. The van der Waals surface area contributed by atoms with Crippen LogP contribution in [-0.4, -0.2) is 41.1 Å².